The van der Waals surface area contributed by atoms with Crippen LogP contribution < -0.4 is 0 Å². The maximum Gasteiger partial charge on any atom is 0.226 e. The molecule has 3 fully saturated rings. The highest BCUT2D eigenvalue weighted by Gasteiger charge is 2.59. The van der Waals surface area contributed by atoms with Gasteiger partial charge in [0.05, 0.1) is 5.69 Å². The number of pyridine rings is 1. The van der Waals surface area contributed by atoms with E-state index in [2.05, 4.69) is 49.3 Å². The molecular weight excluding hydrogens is 380 g/mol. The Balaban J connectivity index is 1.08. The first-order valence-corrected chi connectivity index (χ1v) is 11.8. The first-order chi connectivity index (χ1) is 14.2. The number of piperazine rings is 1. The fourth-order valence-corrected chi connectivity index (χ4v) is 5.84. The highest BCUT2D eigenvalue weighted by molar-refractivity contribution is 7.09. The van der Waals surface area contributed by atoms with Crippen LogP contribution in [0.5, 0.6) is 0 Å². The Bertz CT molecular complexity index is 809. The number of likely N-dealkylation sites (tertiary alicyclic amines) is 1. The van der Waals surface area contributed by atoms with Gasteiger partial charge in [-0.3, -0.25) is 19.6 Å². The lowest BCUT2D eigenvalue weighted by Gasteiger charge is -2.36. The van der Waals surface area contributed by atoms with Crippen molar-refractivity contribution in [1.82, 2.24) is 19.7 Å². The Morgan fingerprint density at radius 2 is 1.79 bits per heavy atom. The van der Waals surface area contributed by atoms with E-state index in [4.69, 9.17) is 0 Å². The number of hydrogen-bond acceptors (Lipinski definition) is 5. The predicted molar refractivity (Wildman–Crippen MR) is 115 cm³/mol. The van der Waals surface area contributed by atoms with Crippen molar-refractivity contribution in [3.05, 3.63) is 52.5 Å². The molecule has 5 rings (SSSR count). The normalized spacial score (nSPS) is 24.7. The zero-order chi connectivity index (χ0) is 19.7. The van der Waals surface area contributed by atoms with Gasteiger partial charge in [-0.05, 0) is 61.3 Å². The number of nitrogens with zero attached hydrogens (tertiary/aromatic N) is 4. The van der Waals surface area contributed by atoms with Crippen LogP contribution in [0.15, 0.2) is 41.9 Å². The average Bonchev–Trinajstić information content (AvgIpc) is 3.20. The van der Waals surface area contributed by atoms with Gasteiger partial charge in [0, 0.05) is 56.3 Å². The van der Waals surface area contributed by atoms with Crippen LogP contribution >= 0.6 is 11.3 Å². The molecule has 1 aliphatic carbocycles. The number of piperidine rings is 1. The number of thiophene rings is 1. The fraction of sp³-hybridized carbons (Fsp3) is 0.565. The molecule has 2 aliphatic heterocycles. The molecule has 1 amide bonds. The fourth-order valence-electron chi connectivity index (χ4n) is 5.10. The molecule has 0 N–H and O–H groups in total. The van der Waals surface area contributed by atoms with E-state index in [0.29, 0.717) is 11.3 Å². The standard InChI is InChI=1S/C23H30N4OS/c28-22(27-13-11-26(12-14-27)18-20-5-3-15-29-20)21-16-23(21)6-9-25(10-7-23)17-19-4-1-2-8-24-19/h1-5,8,15,21H,6-7,9-14,16-18H2. The summed E-state index contributed by atoms with van der Waals surface area (Å²) in [4.78, 5) is 26.1. The van der Waals surface area contributed by atoms with Crippen molar-refractivity contribution < 1.29 is 4.79 Å². The molecule has 0 radical (unpaired) electrons. The van der Waals surface area contributed by atoms with Crippen molar-refractivity contribution in [2.75, 3.05) is 39.3 Å². The molecule has 2 aromatic heterocycles. The summed E-state index contributed by atoms with van der Waals surface area (Å²) in [6.07, 6.45) is 5.30. The Morgan fingerprint density at radius 1 is 1.00 bits per heavy atom. The van der Waals surface area contributed by atoms with Crippen LogP contribution in [-0.4, -0.2) is 64.9 Å². The molecule has 1 spiro atoms. The van der Waals surface area contributed by atoms with Crippen LogP contribution in [0.25, 0.3) is 0 Å². The molecule has 154 valence electrons. The second-order valence-electron chi connectivity index (χ2n) is 8.90. The number of aromatic nitrogens is 1. The second kappa shape index (κ2) is 8.17. The topological polar surface area (TPSA) is 39.7 Å². The molecule has 0 aromatic carbocycles. The first-order valence-electron chi connectivity index (χ1n) is 10.9. The SMILES string of the molecule is O=C(C1CC12CCN(Cc1ccccn1)CC2)N1CCN(Cc2cccs2)CC1. The van der Waals surface area contributed by atoms with E-state index in [1.54, 1.807) is 0 Å². The number of carbonyl (C=O) groups excluding carboxylic acids is 1. The average molecular weight is 411 g/mol. The molecule has 1 saturated carbocycles. The van der Waals surface area contributed by atoms with E-state index in [0.717, 1.165) is 77.3 Å². The molecule has 5 nitrogen and oxygen atoms in total. The zero-order valence-corrected chi connectivity index (χ0v) is 17.8. The molecule has 2 aromatic rings. The molecule has 6 heteroatoms. The van der Waals surface area contributed by atoms with Crippen molar-refractivity contribution in [1.29, 1.82) is 0 Å². The van der Waals surface area contributed by atoms with E-state index in [1.807, 2.05) is 23.6 Å². The van der Waals surface area contributed by atoms with E-state index >= 15 is 0 Å². The first kappa shape index (κ1) is 19.2. The second-order valence-corrected chi connectivity index (χ2v) is 9.93. The van der Waals surface area contributed by atoms with Gasteiger partial charge in [0.15, 0.2) is 0 Å². The highest BCUT2D eigenvalue weighted by atomic mass is 32.1. The van der Waals surface area contributed by atoms with Gasteiger partial charge in [-0.1, -0.05) is 12.1 Å². The number of rotatable bonds is 5. The third-order valence-electron chi connectivity index (χ3n) is 7.09. The molecule has 0 bridgehead atoms. The molecule has 4 heterocycles. The summed E-state index contributed by atoms with van der Waals surface area (Å²) in [6, 6.07) is 10.5. The van der Waals surface area contributed by atoms with Gasteiger partial charge in [-0.15, -0.1) is 11.3 Å². The van der Waals surface area contributed by atoms with E-state index in [1.165, 1.54) is 4.88 Å². The van der Waals surface area contributed by atoms with Crippen LogP contribution in [-0.2, 0) is 17.9 Å². The van der Waals surface area contributed by atoms with Gasteiger partial charge in [0.25, 0.3) is 0 Å². The Morgan fingerprint density at radius 3 is 2.48 bits per heavy atom. The van der Waals surface area contributed by atoms with Gasteiger partial charge < -0.3 is 4.90 Å². The zero-order valence-electron chi connectivity index (χ0n) is 17.0. The van der Waals surface area contributed by atoms with E-state index < -0.39 is 0 Å². The largest absolute Gasteiger partial charge is 0.340 e. The number of amides is 1. The highest BCUT2D eigenvalue weighted by Crippen LogP contribution is 2.60. The quantitative estimate of drug-likeness (QED) is 0.759. The lowest BCUT2D eigenvalue weighted by molar-refractivity contribution is -0.135. The van der Waals surface area contributed by atoms with Crippen LogP contribution in [0.4, 0.5) is 0 Å². The smallest absolute Gasteiger partial charge is 0.226 e. The maximum atomic E-state index is 13.1. The minimum Gasteiger partial charge on any atom is -0.340 e. The lowest BCUT2D eigenvalue weighted by Crippen LogP contribution is -2.49. The van der Waals surface area contributed by atoms with Gasteiger partial charge in [-0.25, -0.2) is 0 Å². The summed E-state index contributed by atoms with van der Waals surface area (Å²) in [6.45, 7) is 7.93. The third kappa shape index (κ3) is 4.25. The molecule has 29 heavy (non-hydrogen) atoms. The lowest BCUT2D eigenvalue weighted by atomic mass is 9.90. The van der Waals surface area contributed by atoms with E-state index in [9.17, 15) is 4.79 Å². The van der Waals surface area contributed by atoms with Crippen molar-refractivity contribution in [3.8, 4) is 0 Å². The number of hydrogen-bond donors (Lipinski definition) is 0. The third-order valence-corrected chi connectivity index (χ3v) is 7.96. The summed E-state index contributed by atoms with van der Waals surface area (Å²) in [5.74, 6) is 0.710. The summed E-state index contributed by atoms with van der Waals surface area (Å²) >= 11 is 1.82. The monoisotopic (exact) mass is 410 g/mol. The summed E-state index contributed by atoms with van der Waals surface area (Å²) in [7, 11) is 0. The van der Waals surface area contributed by atoms with Gasteiger partial charge in [0.1, 0.15) is 0 Å². The van der Waals surface area contributed by atoms with Crippen molar-refractivity contribution in [2.45, 2.75) is 32.4 Å². The Kier molecular flexibility index (Phi) is 5.41. The van der Waals surface area contributed by atoms with Crippen molar-refractivity contribution in [3.63, 3.8) is 0 Å². The minimum atomic E-state index is 0.281. The Labute approximate surface area is 177 Å². The number of carbonyl (C=O) groups is 1. The van der Waals surface area contributed by atoms with Crippen LogP contribution in [0.3, 0.4) is 0 Å². The molecule has 3 aliphatic rings. The van der Waals surface area contributed by atoms with Crippen LogP contribution in [0.1, 0.15) is 29.8 Å². The molecule has 1 unspecified atom stereocenters. The summed E-state index contributed by atoms with van der Waals surface area (Å²) < 4.78 is 0. The van der Waals surface area contributed by atoms with Crippen LogP contribution in [0.2, 0.25) is 0 Å². The summed E-state index contributed by atoms with van der Waals surface area (Å²) in [5, 5.41) is 2.14. The molecule has 2 saturated heterocycles. The predicted octanol–water partition coefficient (Wildman–Crippen LogP) is 3.09. The van der Waals surface area contributed by atoms with Gasteiger partial charge in [-0.2, -0.15) is 0 Å². The van der Waals surface area contributed by atoms with Gasteiger partial charge in [0.2, 0.25) is 5.91 Å². The Hall–Kier alpha value is -1.76. The van der Waals surface area contributed by atoms with Gasteiger partial charge >= 0.3 is 0 Å². The van der Waals surface area contributed by atoms with Crippen molar-refractivity contribution >= 4 is 17.2 Å². The van der Waals surface area contributed by atoms with Crippen molar-refractivity contribution in [2.24, 2.45) is 11.3 Å². The molecule has 1 atom stereocenters. The maximum absolute atomic E-state index is 13.1. The summed E-state index contributed by atoms with van der Waals surface area (Å²) in [5.41, 5.74) is 1.44. The minimum absolute atomic E-state index is 0.281. The van der Waals surface area contributed by atoms with E-state index in [-0.39, 0.29) is 5.92 Å². The van der Waals surface area contributed by atoms with Crippen LogP contribution in [0, 0.1) is 11.3 Å². The molecular formula is C23H30N4OS.